The molecule has 4 nitrogen and oxygen atoms in total. The second-order valence-electron chi connectivity index (χ2n) is 5.66. The van der Waals surface area contributed by atoms with Gasteiger partial charge in [0.15, 0.2) is 0 Å². The molecule has 0 aromatic heterocycles. The molecule has 20 heavy (non-hydrogen) atoms. The summed E-state index contributed by atoms with van der Waals surface area (Å²) in [5.41, 5.74) is 0. The SMILES string of the molecule is CCCCOCCN1C(=O)C(CCCC)NC1CCC. The zero-order valence-corrected chi connectivity index (χ0v) is 13.5. The van der Waals surface area contributed by atoms with Gasteiger partial charge in [-0.1, -0.05) is 46.5 Å². The van der Waals surface area contributed by atoms with Crippen LogP contribution in [0.2, 0.25) is 0 Å². The first-order chi connectivity index (χ1) is 9.74. The van der Waals surface area contributed by atoms with Crippen molar-refractivity contribution in [2.45, 2.75) is 77.9 Å². The molecule has 0 spiro atoms. The smallest absolute Gasteiger partial charge is 0.241 e. The predicted octanol–water partition coefficient (Wildman–Crippen LogP) is 2.92. The fourth-order valence-electron chi connectivity index (χ4n) is 2.65. The zero-order valence-electron chi connectivity index (χ0n) is 13.5. The average Bonchev–Trinajstić information content (AvgIpc) is 2.73. The summed E-state index contributed by atoms with van der Waals surface area (Å²) in [4.78, 5) is 14.4. The molecule has 1 heterocycles. The second kappa shape index (κ2) is 10.2. The number of amides is 1. The summed E-state index contributed by atoms with van der Waals surface area (Å²) >= 11 is 0. The Kier molecular flexibility index (Phi) is 8.86. The van der Waals surface area contributed by atoms with E-state index in [1.54, 1.807) is 0 Å². The number of nitrogens with zero attached hydrogens (tertiary/aromatic N) is 1. The molecule has 1 rings (SSSR count). The highest BCUT2D eigenvalue weighted by atomic mass is 16.5. The third kappa shape index (κ3) is 5.41. The van der Waals surface area contributed by atoms with Crippen LogP contribution < -0.4 is 5.32 Å². The van der Waals surface area contributed by atoms with Gasteiger partial charge in [0.2, 0.25) is 5.91 Å². The van der Waals surface area contributed by atoms with Crippen LogP contribution in [0.1, 0.15) is 65.7 Å². The topological polar surface area (TPSA) is 41.6 Å². The number of hydrogen-bond donors (Lipinski definition) is 1. The Morgan fingerprint density at radius 1 is 1.05 bits per heavy atom. The number of rotatable bonds is 11. The normalized spacial score (nSPS) is 22.8. The number of hydrogen-bond acceptors (Lipinski definition) is 3. The van der Waals surface area contributed by atoms with E-state index in [2.05, 4.69) is 26.1 Å². The molecule has 1 saturated heterocycles. The molecule has 0 aliphatic carbocycles. The first-order valence-corrected chi connectivity index (χ1v) is 8.38. The maximum Gasteiger partial charge on any atom is 0.241 e. The first kappa shape index (κ1) is 17.4. The van der Waals surface area contributed by atoms with Crippen molar-refractivity contribution < 1.29 is 9.53 Å². The molecule has 118 valence electrons. The van der Waals surface area contributed by atoms with Gasteiger partial charge in [-0.05, 0) is 19.3 Å². The average molecular weight is 284 g/mol. The Bertz CT molecular complexity index is 271. The zero-order chi connectivity index (χ0) is 14.8. The van der Waals surface area contributed by atoms with Crippen LogP contribution >= 0.6 is 0 Å². The molecule has 4 heteroatoms. The highest BCUT2D eigenvalue weighted by molar-refractivity contribution is 5.84. The second-order valence-corrected chi connectivity index (χ2v) is 5.66. The minimum atomic E-state index is 0.0298. The van der Waals surface area contributed by atoms with Crippen molar-refractivity contribution in [2.75, 3.05) is 19.8 Å². The van der Waals surface area contributed by atoms with E-state index in [9.17, 15) is 4.79 Å². The lowest BCUT2D eigenvalue weighted by Gasteiger charge is -2.23. The fourth-order valence-corrected chi connectivity index (χ4v) is 2.65. The van der Waals surface area contributed by atoms with Gasteiger partial charge in [0, 0.05) is 13.2 Å². The van der Waals surface area contributed by atoms with Crippen molar-refractivity contribution in [2.24, 2.45) is 0 Å². The third-order valence-electron chi connectivity index (χ3n) is 3.88. The van der Waals surface area contributed by atoms with Crippen molar-refractivity contribution in [1.29, 1.82) is 0 Å². The minimum Gasteiger partial charge on any atom is -0.380 e. The Balaban J connectivity index is 2.40. The van der Waals surface area contributed by atoms with E-state index < -0.39 is 0 Å². The Morgan fingerprint density at radius 2 is 1.80 bits per heavy atom. The molecule has 1 fully saturated rings. The summed E-state index contributed by atoms with van der Waals surface area (Å²) in [5.74, 6) is 0.274. The Labute approximate surface area is 124 Å². The largest absolute Gasteiger partial charge is 0.380 e. The molecule has 1 aliphatic heterocycles. The maximum atomic E-state index is 12.4. The molecule has 1 amide bonds. The van der Waals surface area contributed by atoms with Crippen LogP contribution in [0.15, 0.2) is 0 Å². The van der Waals surface area contributed by atoms with Gasteiger partial charge in [0.25, 0.3) is 0 Å². The van der Waals surface area contributed by atoms with Crippen LogP contribution in [-0.4, -0.2) is 42.8 Å². The van der Waals surface area contributed by atoms with Crippen LogP contribution in [-0.2, 0) is 9.53 Å². The van der Waals surface area contributed by atoms with Gasteiger partial charge < -0.3 is 9.64 Å². The minimum absolute atomic E-state index is 0.0298. The van der Waals surface area contributed by atoms with Crippen LogP contribution in [0.5, 0.6) is 0 Å². The molecular weight excluding hydrogens is 252 g/mol. The van der Waals surface area contributed by atoms with Gasteiger partial charge >= 0.3 is 0 Å². The van der Waals surface area contributed by atoms with Gasteiger partial charge in [0.1, 0.15) is 0 Å². The van der Waals surface area contributed by atoms with Crippen LogP contribution in [0, 0.1) is 0 Å². The van der Waals surface area contributed by atoms with Crippen molar-refractivity contribution in [3.63, 3.8) is 0 Å². The van der Waals surface area contributed by atoms with Gasteiger partial charge in [-0.15, -0.1) is 0 Å². The predicted molar refractivity (Wildman–Crippen MR) is 82.6 cm³/mol. The highest BCUT2D eigenvalue weighted by Crippen LogP contribution is 2.18. The molecule has 1 N–H and O–H groups in total. The van der Waals surface area contributed by atoms with E-state index in [4.69, 9.17) is 4.74 Å². The lowest BCUT2D eigenvalue weighted by atomic mass is 10.1. The summed E-state index contributed by atoms with van der Waals surface area (Å²) in [7, 11) is 0. The summed E-state index contributed by atoms with van der Waals surface area (Å²) in [5, 5.41) is 3.50. The first-order valence-electron chi connectivity index (χ1n) is 8.38. The summed E-state index contributed by atoms with van der Waals surface area (Å²) in [6.07, 6.45) is 7.81. The monoisotopic (exact) mass is 284 g/mol. The van der Waals surface area contributed by atoms with Crippen LogP contribution in [0.3, 0.4) is 0 Å². The number of ether oxygens (including phenoxy) is 1. The molecule has 2 unspecified atom stereocenters. The van der Waals surface area contributed by atoms with Crippen LogP contribution in [0.25, 0.3) is 0 Å². The van der Waals surface area contributed by atoms with E-state index in [1.807, 2.05) is 4.90 Å². The van der Waals surface area contributed by atoms with E-state index >= 15 is 0 Å². The van der Waals surface area contributed by atoms with Crippen molar-refractivity contribution >= 4 is 5.91 Å². The molecule has 0 aromatic rings. The van der Waals surface area contributed by atoms with E-state index in [0.717, 1.165) is 58.1 Å². The lowest BCUT2D eigenvalue weighted by Crippen LogP contribution is -2.39. The molecule has 0 saturated carbocycles. The van der Waals surface area contributed by atoms with Crippen molar-refractivity contribution in [3.8, 4) is 0 Å². The van der Waals surface area contributed by atoms with Gasteiger partial charge in [-0.25, -0.2) is 0 Å². The van der Waals surface area contributed by atoms with Gasteiger partial charge in [-0.3, -0.25) is 10.1 Å². The molecule has 2 atom stereocenters. The summed E-state index contributed by atoms with van der Waals surface area (Å²) in [6.45, 7) is 8.69. The number of unbranched alkanes of at least 4 members (excludes halogenated alkanes) is 2. The van der Waals surface area contributed by atoms with E-state index in [0.29, 0.717) is 6.61 Å². The Morgan fingerprint density at radius 3 is 2.45 bits per heavy atom. The van der Waals surface area contributed by atoms with Crippen molar-refractivity contribution in [3.05, 3.63) is 0 Å². The Hall–Kier alpha value is -0.610. The molecule has 0 radical (unpaired) electrons. The van der Waals surface area contributed by atoms with E-state index in [-0.39, 0.29) is 18.1 Å². The lowest BCUT2D eigenvalue weighted by molar-refractivity contribution is -0.131. The molecular formula is C16H32N2O2. The van der Waals surface area contributed by atoms with E-state index in [1.165, 1.54) is 0 Å². The quantitative estimate of drug-likeness (QED) is 0.593. The van der Waals surface area contributed by atoms with Crippen LogP contribution in [0.4, 0.5) is 0 Å². The number of carbonyl (C=O) groups is 1. The summed E-state index contributed by atoms with van der Waals surface area (Å²) in [6, 6.07) is 0.0298. The maximum absolute atomic E-state index is 12.4. The molecule has 1 aliphatic rings. The summed E-state index contributed by atoms with van der Waals surface area (Å²) < 4.78 is 5.61. The number of nitrogens with one attached hydrogen (secondary N) is 1. The fraction of sp³-hybridized carbons (Fsp3) is 0.938. The molecule has 0 aromatic carbocycles. The number of carbonyl (C=O) groups excluding carboxylic acids is 1. The van der Waals surface area contributed by atoms with Gasteiger partial charge in [-0.2, -0.15) is 0 Å². The third-order valence-corrected chi connectivity index (χ3v) is 3.88. The van der Waals surface area contributed by atoms with Gasteiger partial charge in [0.05, 0.1) is 18.8 Å². The van der Waals surface area contributed by atoms with Crippen molar-refractivity contribution in [1.82, 2.24) is 10.2 Å². The highest BCUT2D eigenvalue weighted by Gasteiger charge is 2.37. The molecule has 0 bridgehead atoms. The standard InChI is InChI=1S/C16H32N2O2/c1-4-7-10-14-16(19)18(15(17-14)9-6-3)11-13-20-12-8-5-2/h14-15,17H,4-13H2,1-3H3.